The SMILES string of the molecule is CC1CCCN(C(=O)Nc2cccc(C#Cc3ccccc3)c2)C1. The van der Waals surface area contributed by atoms with E-state index in [1.54, 1.807) is 0 Å². The largest absolute Gasteiger partial charge is 0.324 e. The molecule has 24 heavy (non-hydrogen) atoms. The molecule has 2 amide bonds. The molecule has 0 saturated carbocycles. The van der Waals surface area contributed by atoms with Crippen LogP contribution in [0.4, 0.5) is 10.5 Å². The molecule has 1 aliphatic heterocycles. The highest BCUT2D eigenvalue weighted by Crippen LogP contribution is 2.17. The summed E-state index contributed by atoms with van der Waals surface area (Å²) in [7, 11) is 0. The zero-order chi connectivity index (χ0) is 16.8. The molecule has 0 bridgehead atoms. The van der Waals surface area contributed by atoms with Crippen LogP contribution in [-0.4, -0.2) is 24.0 Å². The number of carbonyl (C=O) groups excluding carboxylic acids is 1. The van der Waals surface area contributed by atoms with E-state index in [2.05, 4.69) is 24.1 Å². The van der Waals surface area contributed by atoms with Crippen molar-refractivity contribution in [1.82, 2.24) is 4.90 Å². The van der Waals surface area contributed by atoms with Crippen LogP contribution in [0.15, 0.2) is 54.6 Å². The Morgan fingerprint density at radius 3 is 2.62 bits per heavy atom. The number of likely N-dealkylation sites (tertiary alicyclic amines) is 1. The van der Waals surface area contributed by atoms with Crippen LogP contribution in [0.3, 0.4) is 0 Å². The van der Waals surface area contributed by atoms with Gasteiger partial charge in [0.1, 0.15) is 0 Å². The third-order valence-corrected chi connectivity index (χ3v) is 4.18. The molecule has 1 heterocycles. The zero-order valence-electron chi connectivity index (χ0n) is 14.0. The second kappa shape index (κ2) is 7.70. The van der Waals surface area contributed by atoms with E-state index in [0.717, 1.165) is 36.3 Å². The standard InChI is InChI=1S/C21H22N2O/c1-17-7-6-14-23(16-17)21(24)22-20-11-5-10-19(15-20)13-12-18-8-3-2-4-9-18/h2-5,8-11,15,17H,6-7,14,16H2,1H3,(H,22,24). The molecular weight excluding hydrogens is 296 g/mol. The van der Waals surface area contributed by atoms with E-state index in [-0.39, 0.29) is 6.03 Å². The molecule has 1 fully saturated rings. The van der Waals surface area contributed by atoms with E-state index in [4.69, 9.17) is 0 Å². The van der Waals surface area contributed by atoms with Crippen molar-refractivity contribution < 1.29 is 4.79 Å². The Bertz CT molecular complexity index is 758. The quantitative estimate of drug-likeness (QED) is 0.779. The fraction of sp³-hybridized carbons (Fsp3) is 0.286. The minimum Gasteiger partial charge on any atom is -0.324 e. The summed E-state index contributed by atoms with van der Waals surface area (Å²) in [6.45, 7) is 3.86. The van der Waals surface area contributed by atoms with Gasteiger partial charge in [-0.3, -0.25) is 0 Å². The molecule has 0 radical (unpaired) electrons. The van der Waals surface area contributed by atoms with Crippen molar-refractivity contribution in [3.05, 3.63) is 65.7 Å². The van der Waals surface area contributed by atoms with Crippen molar-refractivity contribution in [2.24, 2.45) is 5.92 Å². The molecule has 3 nitrogen and oxygen atoms in total. The number of amides is 2. The Balaban J connectivity index is 1.67. The van der Waals surface area contributed by atoms with Crippen molar-refractivity contribution in [2.75, 3.05) is 18.4 Å². The average molecular weight is 318 g/mol. The molecule has 3 heteroatoms. The summed E-state index contributed by atoms with van der Waals surface area (Å²) >= 11 is 0. The highest BCUT2D eigenvalue weighted by molar-refractivity contribution is 5.89. The van der Waals surface area contributed by atoms with Gasteiger partial charge in [-0.05, 0) is 49.1 Å². The number of carbonyl (C=O) groups is 1. The molecule has 0 aliphatic carbocycles. The summed E-state index contributed by atoms with van der Waals surface area (Å²) in [5.41, 5.74) is 2.66. The van der Waals surface area contributed by atoms with Gasteiger partial charge in [-0.15, -0.1) is 0 Å². The van der Waals surface area contributed by atoms with Crippen LogP contribution in [0.1, 0.15) is 30.9 Å². The molecule has 2 aromatic rings. The van der Waals surface area contributed by atoms with Gasteiger partial charge in [0.05, 0.1) is 0 Å². The Kier molecular flexibility index (Phi) is 5.18. The minimum absolute atomic E-state index is 0.0188. The van der Waals surface area contributed by atoms with Crippen LogP contribution in [0.5, 0.6) is 0 Å². The molecule has 1 unspecified atom stereocenters. The van der Waals surface area contributed by atoms with Crippen LogP contribution >= 0.6 is 0 Å². The van der Waals surface area contributed by atoms with E-state index in [1.807, 2.05) is 59.5 Å². The smallest absolute Gasteiger partial charge is 0.321 e. The van der Waals surface area contributed by atoms with Crippen LogP contribution in [0, 0.1) is 17.8 Å². The van der Waals surface area contributed by atoms with Crippen molar-refractivity contribution in [2.45, 2.75) is 19.8 Å². The molecule has 2 aromatic carbocycles. The predicted molar refractivity (Wildman–Crippen MR) is 97.9 cm³/mol. The lowest BCUT2D eigenvalue weighted by Crippen LogP contribution is -2.41. The molecule has 0 spiro atoms. The average Bonchev–Trinajstić information content (AvgIpc) is 2.61. The van der Waals surface area contributed by atoms with Gasteiger partial charge < -0.3 is 10.2 Å². The normalized spacial score (nSPS) is 16.9. The van der Waals surface area contributed by atoms with Gasteiger partial charge in [0.2, 0.25) is 0 Å². The van der Waals surface area contributed by atoms with Gasteiger partial charge in [-0.25, -0.2) is 4.79 Å². The molecule has 1 saturated heterocycles. The van der Waals surface area contributed by atoms with Gasteiger partial charge in [-0.2, -0.15) is 0 Å². The minimum atomic E-state index is -0.0188. The Morgan fingerprint density at radius 2 is 1.83 bits per heavy atom. The van der Waals surface area contributed by atoms with E-state index in [9.17, 15) is 4.79 Å². The highest BCUT2D eigenvalue weighted by Gasteiger charge is 2.20. The van der Waals surface area contributed by atoms with E-state index in [1.165, 1.54) is 6.42 Å². The van der Waals surface area contributed by atoms with Crippen LogP contribution < -0.4 is 5.32 Å². The van der Waals surface area contributed by atoms with Gasteiger partial charge in [0.15, 0.2) is 0 Å². The summed E-state index contributed by atoms with van der Waals surface area (Å²) in [6, 6.07) is 17.6. The first-order chi connectivity index (χ1) is 11.7. The number of piperidine rings is 1. The molecule has 1 N–H and O–H groups in total. The number of benzene rings is 2. The number of nitrogens with zero attached hydrogens (tertiary/aromatic N) is 1. The van der Waals surface area contributed by atoms with Crippen LogP contribution in [0.2, 0.25) is 0 Å². The Labute approximate surface area is 143 Å². The first-order valence-electron chi connectivity index (χ1n) is 8.44. The van der Waals surface area contributed by atoms with E-state index >= 15 is 0 Å². The number of hydrogen-bond donors (Lipinski definition) is 1. The van der Waals surface area contributed by atoms with E-state index < -0.39 is 0 Å². The molecule has 1 atom stereocenters. The zero-order valence-corrected chi connectivity index (χ0v) is 14.0. The number of hydrogen-bond acceptors (Lipinski definition) is 1. The lowest BCUT2D eigenvalue weighted by molar-refractivity contribution is 0.182. The van der Waals surface area contributed by atoms with Gasteiger partial charge in [0, 0.05) is 29.9 Å². The number of urea groups is 1. The maximum absolute atomic E-state index is 12.4. The second-order valence-electron chi connectivity index (χ2n) is 6.32. The molecule has 1 aliphatic rings. The topological polar surface area (TPSA) is 32.3 Å². The van der Waals surface area contributed by atoms with Gasteiger partial charge in [0.25, 0.3) is 0 Å². The molecule has 0 aromatic heterocycles. The third kappa shape index (κ3) is 4.39. The van der Waals surface area contributed by atoms with Gasteiger partial charge in [-0.1, -0.05) is 43.0 Å². The van der Waals surface area contributed by atoms with Crippen molar-refractivity contribution in [3.63, 3.8) is 0 Å². The summed E-state index contributed by atoms with van der Waals surface area (Å²) < 4.78 is 0. The number of rotatable bonds is 1. The molecular formula is C21H22N2O. The summed E-state index contributed by atoms with van der Waals surface area (Å²) in [5, 5.41) is 2.99. The fourth-order valence-corrected chi connectivity index (χ4v) is 2.92. The summed E-state index contributed by atoms with van der Waals surface area (Å²) in [6.07, 6.45) is 2.28. The van der Waals surface area contributed by atoms with Crippen molar-refractivity contribution in [1.29, 1.82) is 0 Å². The maximum atomic E-state index is 12.4. The Hall–Kier alpha value is -2.73. The first-order valence-corrected chi connectivity index (χ1v) is 8.44. The summed E-state index contributed by atoms with van der Waals surface area (Å²) in [5.74, 6) is 6.86. The number of nitrogens with one attached hydrogen (secondary N) is 1. The third-order valence-electron chi connectivity index (χ3n) is 4.18. The van der Waals surface area contributed by atoms with Crippen LogP contribution in [0.25, 0.3) is 0 Å². The first kappa shape index (κ1) is 16.1. The fourth-order valence-electron chi connectivity index (χ4n) is 2.92. The van der Waals surface area contributed by atoms with E-state index in [0.29, 0.717) is 5.92 Å². The maximum Gasteiger partial charge on any atom is 0.321 e. The lowest BCUT2D eigenvalue weighted by atomic mass is 10.0. The Morgan fingerprint density at radius 1 is 1.08 bits per heavy atom. The molecule has 3 rings (SSSR count). The second-order valence-corrected chi connectivity index (χ2v) is 6.32. The summed E-state index contributed by atoms with van der Waals surface area (Å²) in [4.78, 5) is 14.3. The lowest BCUT2D eigenvalue weighted by Gasteiger charge is -2.30. The van der Waals surface area contributed by atoms with Crippen LogP contribution in [-0.2, 0) is 0 Å². The van der Waals surface area contributed by atoms with Crippen molar-refractivity contribution in [3.8, 4) is 11.8 Å². The number of anilines is 1. The van der Waals surface area contributed by atoms with Crippen molar-refractivity contribution >= 4 is 11.7 Å². The monoisotopic (exact) mass is 318 g/mol. The highest BCUT2D eigenvalue weighted by atomic mass is 16.2. The van der Waals surface area contributed by atoms with Gasteiger partial charge >= 0.3 is 6.03 Å². The molecule has 122 valence electrons. The predicted octanol–water partition coefficient (Wildman–Crippen LogP) is 4.35.